The van der Waals surface area contributed by atoms with Crippen molar-refractivity contribution in [2.45, 2.75) is 6.42 Å². The van der Waals surface area contributed by atoms with Crippen molar-refractivity contribution < 1.29 is 0 Å². The molecule has 4 aromatic carbocycles. The van der Waals surface area contributed by atoms with Crippen molar-refractivity contribution in [3.63, 3.8) is 0 Å². The van der Waals surface area contributed by atoms with Crippen molar-refractivity contribution in [3.8, 4) is 11.1 Å². The summed E-state index contributed by atoms with van der Waals surface area (Å²) in [5, 5.41) is 0. The van der Waals surface area contributed by atoms with Gasteiger partial charge in [-0.2, -0.15) is 0 Å². The Morgan fingerprint density at radius 1 is 0.553 bits per heavy atom. The maximum Gasteiger partial charge on any atom is 0.0581 e. The fourth-order valence-electron chi connectivity index (χ4n) is 7.40. The zero-order valence-corrected chi connectivity index (χ0v) is 20.9. The van der Waals surface area contributed by atoms with E-state index in [4.69, 9.17) is 0 Å². The molecule has 0 radical (unpaired) electrons. The first-order valence-corrected chi connectivity index (χ1v) is 13.5. The molecule has 1 spiro atoms. The van der Waals surface area contributed by atoms with Gasteiger partial charge < -0.3 is 0 Å². The first-order valence-electron chi connectivity index (χ1n) is 13.5. The lowest BCUT2D eigenvalue weighted by Gasteiger charge is -2.38. The quantitative estimate of drug-likeness (QED) is 0.224. The van der Waals surface area contributed by atoms with Gasteiger partial charge >= 0.3 is 0 Å². The lowest BCUT2D eigenvalue weighted by Crippen LogP contribution is -2.25. The zero-order chi connectivity index (χ0) is 24.8. The number of hydrogen-bond acceptors (Lipinski definition) is 0. The van der Waals surface area contributed by atoms with Crippen LogP contribution < -0.4 is 0 Å². The van der Waals surface area contributed by atoms with E-state index in [0.29, 0.717) is 0 Å². The highest BCUT2D eigenvalue weighted by Gasteiger charge is 2.45. The average Bonchev–Trinajstić information content (AvgIpc) is 3.66. The first-order chi connectivity index (χ1) is 18.8. The van der Waals surface area contributed by atoms with Gasteiger partial charge in [-0.25, -0.2) is 0 Å². The van der Waals surface area contributed by atoms with Crippen LogP contribution in [0.1, 0.15) is 38.9 Å². The third-order valence-electron chi connectivity index (χ3n) is 9.08. The largest absolute Gasteiger partial charge is 0.0657 e. The minimum absolute atomic E-state index is 0.276. The van der Waals surface area contributed by atoms with Gasteiger partial charge in [0.15, 0.2) is 0 Å². The Bertz CT molecular complexity index is 1930. The highest BCUT2D eigenvalue weighted by atomic mass is 14.5. The van der Waals surface area contributed by atoms with E-state index in [-0.39, 0.29) is 5.41 Å². The number of rotatable bonds is 1. The van der Waals surface area contributed by atoms with E-state index in [2.05, 4.69) is 134 Å². The molecule has 0 heterocycles. The summed E-state index contributed by atoms with van der Waals surface area (Å²) in [6.45, 7) is 0. The van der Waals surface area contributed by atoms with Crippen molar-refractivity contribution >= 4 is 28.9 Å². The van der Waals surface area contributed by atoms with E-state index >= 15 is 0 Å². The summed E-state index contributed by atoms with van der Waals surface area (Å²) in [6.07, 6.45) is 17.7. The minimum atomic E-state index is -0.276. The summed E-state index contributed by atoms with van der Waals surface area (Å²) < 4.78 is 0. The zero-order valence-electron chi connectivity index (χ0n) is 20.9. The lowest BCUT2D eigenvalue weighted by atomic mass is 9.64. The molecule has 9 rings (SSSR count). The Hall–Kier alpha value is -4.68. The van der Waals surface area contributed by atoms with Crippen molar-refractivity contribution in [1.82, 2.24) is 0 Å². The van der Waals surface area contributed by atoms with Gasteiger partial charge in [-0.3, -0.25) is 0 Å². The maximum absolute atomic E-state index is 2.46. The third kappa shape index (κ3) is 2.50. The number of fused-ring (bicyclic) bond motifs is 11. The van der Waals surface area contributed by atoms with Gasteiger partial charge in [0.05, 0.1) is 5.41 Å². The van der Waals surface area contributed by atoms with Crippen LogP contribution in [-0.4, -0.2) is 0 Å². The Balaban J connectivity index is 1.29. The molecule has 0 aliphatic heterocycles. The molecule has 1 unspecified atom stereocenters. The molecule has 0 nitrogen and oxygen atoms in total. The van der Waals surface area contributed by atoms with Gasteiger partial charge in [0.2, 0.25) is 0 Å². The monoisotopic (exact) mass is 480 g/mol. The molecule has 5 aliphatic rings. The Kier molecular flexibility index (Phi) is 3.87. The molecule has 38 heavy (non-hydrogen) atoms. The summed E-state index contributed by atoms with van der Waals surface area (Å²) in [6, 6.07) is 33.5. The standard InChI is InChI=1S/C38H24/c1-4-12-27-24(9-1)21-34-30(27)15-7-16-31(34)33-18-20-38(36-23-26-11-3-6-14-29(26)37(33)36)19-8-17-32-28-13-5-2-10-25(28)22-35(32)38/h1-20,22-23H,21H2. The van der Waals surface area contributed by atoms with E-state index in [1.807, 2.05) is 0 Å². The first kappa shape index (κ1) is 20.4. The fourth-order valence-corrected chi connectivity index (χ4v) is 7.40. The second kappa shape index (κ2) is 7.21. The molecule has 0 heteroatoms. The van der Waals surface area contributed by atoms with Crippen LogP contribution in [0, 0.1) is 5.41 Å². The number of benzene rings is 4. The SMILES string of the molecule is C1=CC2(C=CC(c3cccc4c3Cc3ccccc3-4)=C3C2=Cc2ccccc23)C2=Cc3ccccc3C2=C1. The summed E-state index contributed by atoms with van der Waals surface area (Å²) >= 11 is 0. The third-order valence-corrected chi connectivity index (χ3v) is 9.08. The number of allylic oxidation sites excluding steroid dienone is 10. The molecule has 1 atom stereocenters. The molecule has 176 valence electrons. The highest BCUT2D eigenvalue weighted by Crippen LogP contribution is 2.61. The van der Waals surface area contributed by atoms with Gasteiger partial charge in [0, 0.05) is 0 Å². The molecular weight excluding hydrogens is 456 g/mol. The van der Waals surface area contributed by atoms with E-state index < -0.39 is 0 Å². The van der Waals surface area contributed by atoms with Gasteiger partial charge in [-0.15, -0.1) is 0 Å². The molecule has 5 aliphatic carbocycles. The predicted octanol–water partition coefficient (Wildman–Crippen LogP) is 9.17. The Morgan fingerprint density at radius 2 is 1.24 bits per heavy atom. The molecule has 0 N–H and O–H groups in total. The Morgan fingerprint density at radius 3 is 2.13 bits per heavy atom. The van der Waals surface area contributed by atoms with Crippen LogP contribution in [0.5, 0.6) is 0 Å². The van der Waals surface area contributed by atoms with E-state index in [1.54, 1.807) is 0 Å². The summed E-state index contributed by atoms with van der Waals surface area (Å²) in [7, 11) is 0. The van der Waals surface area contributed by atoms with E-state index in [0.717, 1.165) is 6.42 Å². The van der Waals surface area contributed by atoms with Gasteiger partial charge in [-0.05, 0) is 96.5 Å². The molecule has 0 amide bonds. The van der Waals surface area contributed by atoms with Crippen LogP contribution >= 0.6 is 0 Å². The van der Waals surface area contributed by atoms with Crippen LogP contribution in [0.25, 0.3) is 40.0 Å². The van der Waals surface area contributed by atoms with Crippen molar-refractivity contribution in [2.24, 2.45) is 5.41 Å². The van der Waals surface area contributed by atoms with Gasteiger partial charge in [0.25, 0.3) is 0 Å². The van der Waals surface area contributed by atoms with Gasteiger partial charge in [-0.1, -0.05) is 121 Å². The van der Waals surface area contributed by atoms with Crippen molar-refractivity contribution in [3.05, 3.63) is 171 Å². The van der Waals surface area contributed by atoms with Gasteiger partial charge in [0.1, 0.15) is 0 Å². The second-order valence-corrected chi connectivity index (χ2v) is 10.9. The molecule has 0 saturated carbocycles. The van der Waals surface area contributed by atoms with Crippen LogP contribution in [0.2, 0.25) is 0 Å². The van der Waals surface area contributed by atoms with Crippen LogP contribution in [-0.2, 0) is 6.42 Å². The smallest absolute Gasteiger partial charge is 0.0581 e. The fraction of sp³-hybridized carbons (Fsp3) is 0.0526. The predicted molar refractivity (Wildman–Crippen MR) is 159 cm³/mol. The van der Waals surface area contributed by atoms with E-state index in [1.165, 1.54) is 77.9 Å². The molecule has 4 aromatic rings. The summed E-state index contributed by atoms with van der Waals surface area (Å²) in [4.78, 5) is 0. The molecule has 0 bridgehead atoms. The average molecular weight is 481 g/mol. The van der Waals surface area contributed by atoms with Crippen LogP contribution in [0.15, 0.2) is 133 Å². The minimum Gasteiger partial charge on any atom is -0.0657 e. The number of hydrogen-bond donors (Lipinski definition) is 0. The normalized spacial score (nSPS) is 20.8. The topological polar surface area (TPSA) is 0 Å². The van der Waals surface area contributed by atoms with E-state index in [9.17, 15) is 0 Å². The Labute approximate surface area is 223 Å². The van der Waals surface area contributed by atoms with Crippen molar-refractivity contribution in [2.75, 3.05) is 0 Å². The van der Waals surface area contributed by atoms with Crippen LogP contribution in [0.3, 0.4) is 0 Å². The summed E-state index contributed by atoms with van der Waals surface area (Å²) in [5.41, 5.74) is 18.9. The van der Waals surface area contributed by atoms with Crippen molar-refractivity contribution in [1.29, 1.82) is 0 Å². The molecule has 0 fully saturated rings. The lowest BCUT2D eigenvalue weighted by molar-refractivity contribution is 0.755. The van der Waals surface area contributed by atoms with Crippen LogP contribution in [0.4, 0.5) is 0 Å². The highest BCUT2D eigenvalue weighted by molar-refractivity contribution is 6.14. The molecular formula is C38H24. The molecule has 0 aromatic heterocycles. The molecule has 0 saturated heterocycles. The maximum atomic E-state index is 2.46. The second-order valence-electron chi connectivity index (χ2n) is 10.9. The summed E-state index contributed by atoms with van der Waals surface area (Å²) in [5.74, 6) is 0.